The molecule has 6 nitrogen and oxygen atoms in total. The lowest BCUT2D eigenvalue weighted by molar-refractivity contribution is -0.141. The summed E-state index contributed by atoms with van der Waals surface area (Å²) in [5.41, 5.74) is 0.961. The highest BCUT2D eigenvalue weighted by molar-refractivity contribution is 7.89. The zero-order valence-corrected chi connectivity index (χ0v) is 13.9. The average Bonchev–Trinajstić information content (AvgIpc) is 2.46. The summed E-state index contributed by atoms with van der Waals surface area (Å²) in [5.74, 6) is -1.14. The first-order valence-electron chi connectivity index (χ1n) is 7.20. The van der Waals surface area contributed by atoms with Crippen molar-refractivity contribution in [1.29, 1.82) is 0 Å². The van der Waals surface area contributed by atoms with E-state index in [1.54, 1.807) is 24.3 Å². The minimum atomic E-state index is -3.81. The van der Waals surface area contributed by atoms with E-state index in [9.17, 15) is 18.3 Å². The topological polar surface area (TPSA) is 86.7 Å². The number of carboxylic acid groups (broad SMARTS) is 1. The van der Waals surface area contributed by atoms with Crippen molar-refractivity contribution in [3.8, 4) is 0 Å². The molecule has 1 unspecified atom stereocenters. The zero-order chi connectivity index (χ0) is 16.5. The highest BCUT2D eigenvalue weighted by atomic mass is 32.2. The van der Waals surface area contributed by atoms with Crippen LogP contribution in [0.15, 0.2) is 29.2 Å². The molecule has 1 aromatic carbocycles. The monoisotopic (exact) mass is 326 g/mol. The maximum absolute atomic E-state index is 12.7. The zero-order valence-electron chi connectivity index (χ0n) is 13.0. The van der Waals surface area contributed by atoms with E-state index in [0.29, 0.717) is 6.54 Å². The highest BCUT2D eigenvalue weighted by Gasteiger charge is 2.37. The molecular formula is C15H22N2O4S. The number of rotatable bonds is 3. The summed E-state index contributed by atoms with van der Waals surface area (Å²) in [5, 5.41) is 12.1. The predicted octanol–water partition coefficient (Wildman–Crippen LogP) is 1.03. The smallest absolute Gasteiger partial charge is 0.323 e. The van der Waals surface area contributed by atoms with Gasteiger partial charge in [0.15, 0.2) is 0 Å². The fraction of sp³-hybridized carbons (Fsp3) is 0.533. The summed E-state index contributed by atoms with van der Waals surface area (Å²) in [6.45, 7) is 6.87. The van der Waals surface area contributed by atoms with E-state index in [4.69, 9.17) is 0 Å². The predicted molar refractivity (Wildman–Crippen MR) is 83.3 cm³/mol. The number of benzene rings is 1. The first-order valence-corrected chi connectivity index (χ1v) is 8.64. The van der Waals surface area contributed by atoms with Gasteiger partial charge in [0.05, 0.1) is 4.90 Å². The Morgan fingerprint density at radius 1 is 1.27 bits per heavy atom. The van der Waals surface area contributed by atoms with Crippen LogP contribution in [0.25, 0.3) is 0 Å². The Balaban J connectivity index is 2.35. The van der Waals surface area contributed by atoms with Gasteiger partial charge in [0.2, 0.25) is 10.0 Å². The van der Waals surface area contributed by atoms with E-state index in [1.807, 2.05) is 20.8 Å². The van der Waals surface area contributed by atoms with Crippen LogP contribution in [0.1, 0.15) is 26.3 Å². The first-order chi connectivity index (χ1) is 10.1. The molecule has 1 heterocycles. The normalized spacial score (nSPS) is 20.8. The molecule has 1 atom stereocenters. The Morgan fingerprint density at radius 2 is 1.86 bits per heavy atom. The van der Waals surface area contributed by atoms with Gasteiger partial charge in [0.25, 0.3) is 0 Å². The van der Waals surface area contributed by atoms with Gasteiger partial charge in [0.1, 0.15) is 6.04 Å². The van der Waals surface area contributed by atoms with Crippen LogP contribution in [-0.4, -0.2) is 49.5 Å². The van der Waals surface area contributed by atoms with Crippen molar-refractivity contribution in [3.05, 3.63) is 29.8 Å². The van der Waals surface area contributed by atoms with Crippen LogP contribution in [0.4, 0.5) is 0 Å². The molecular weight excluding hydrogens is 304 g/mol. The molecule has 0 spiro atoms. The van der Waals surface area contributed by atoms with E-state index < -0.39 is 22.0 Å². The number of nitrogens with zero attached hydrogens (tertiary/aromatic N) is 1. The molecule has 1 aromatic rings. The van der Waals surface area contributed by atoms with Gasteiger partial charge >= 0.3 is 5.97 Å². The average molecular weight is 326 g/mol. The Morgan fingerprint density at radius 3 is 2.36 bits per heavy atom. The Bertz CT molecular complexity index is 647. The summed E-state index contributed by atoms with van der Waals surface area (Å²) < 4.78 is 26.5. The second-order valence-electron chi connectivity index (χ2n) is 6.45. The molecule has 122 valence electrons. The van der Waals surface area contributed by atoms with Crippen LogP contribution in [0.5, 0.6) is 0 Å². The number of nitrogens with one attached hydrogen (secondary N) is 1. The molecule has 0 bridgehead atoms. The summed E-state index contributed by atoms with van der Waals surface area (Å²) in [7, 11) is -3.81. The van der Waals surface area contributed by atoms with Crippen molar-refractivity contribution in [3.63, 3.8) is 0 Å². The third-order valence-electron chi connectivity index (χ3n) is 3.81. The van der Waals surface area contributed by atoms with E-state index in [0.717, 1.165) is 9.87 Å². The molecule has 2 rings (SSSR count). The molecule has 0 radical (unpaired) electrons. The lowest BCUT2D eigenvalue weighted by atomic mass is 9.87. The summed E-state index contributed by atoms with van der Waals surface area (Å²) in [6.07, 6.45) is 0. The number of aliphatic carboxylic acids is 1. The van der Waals surface area contributed by atoms with Crippen LogP contribution >= 0.6 is 0 Å². The number of piperazine rings is 1. The number of sulfonamides is 1. The standard InChI is InChI=1S/C15H22N2O4S/c1-15(2,3)11-4-6-12(7-5-11)22(20,21)17-9-8-16-10-13(17)14(18)19/h4-7,13,16H,8-10H2,1-3H3,(H,18,19). The van der Waals surface area contributed by atoms with Gasteiger partial charge in [0, 0.05) is 19.6 Å². The quantitative estimate of drug-likeness (QED) is 0.866. The third-order valence-corrected chi connectivity index (χ3v) is 5.73. The van der Waals surface area contributed by atoms with Crippen molar-refractivity contribution in [2.45, 2.75) is 37.1 Å². The molecule has 7 heteroatoms. The van der Waals surface area contributed by atoms with Crippen LogP contribution in [0, 0.1) is 0 Å². The Labute approximate surface area is 131 Å². The molecule has 0 aliphatic carbocycles. The van der Waals surface area contributed by atoms with Gasteiger partial charge < -0.3 is 10.4 Å². The molecule has 22 heavy (non-hydrogen) atoms. The van der Waals surface area contributed by atoms with Gasteiger partial charge in [-0.3, -0.25) is 4.79 Å². The lowest BCUT2D eigenvalue weighted by Crippen LogP contribution is -2.56. The van der Waals surface area contributed by atoms with Crippen molar-refractivity contribution in [1.82, 2.24) is 9.62 Å². The fourth-order valence-electron chi connectivity index (χ4n) is 2.45. The van der Waals surface area contributed by atoms with Crippen LogP contribution in [-0.2, 0) is 20.2 Å². The van der Waals surface area contributed by atoms with Gasteiger partial charge in [-0.25, -0.2) is 8.42 Å². The van der Waals surface area contributed by atoms with Gasteiger partial charge in [-0.1, -0.05) is 32.9 Å². The van der Waals surface area contributed by atoms with Gasteiger partial charge in [-0.05, 0) is 23.1 Å². The fourth-order valence-corrected chi connectivity index (χ4v) is 4.03. The molecule has 1 aliphatic rings. The molecule has 0 amide bonds. The Kier molecular flexibility index (Phi) is 4.60. The molecule has 1 fully saturated rings. The van der Waals surface area contributed by atoms with Gasteiger partial charge in [-0.2, -0.15) is 4.31 Å². The molecule has 2 N–H and O–H groups in total. The molecule has 1 aliphatic heterocycles. The van der Waals surface area contributed by atoms with Crippen LogP contribution in [0.3, 0.4) is 0 Å². The largest absolute Gasteiger partial charge is 0.480 e. The number of hydrogen-bond acceptors (Lipinski definition) is 4. The minimum Gasteiger partial charge on any atom is -0.480 e. The third kappa shape index (κ3) is 3.31. The number of carboxylic acids is 1. The second-order valence-corrected chi connectivity index (χ2v) is 8.34. The van der Waals surface area contributed by atoms with Gasteiger partial charge in [-0.15, -0.1) is 0 Å². The van der Waals surface area contributed by atoms with Crippen LogP contribution < -0.4 is 5.32 Å². The van der Waals surface area contributed by atoms with E-state index in [1.165, 1.54) is 0 Å². The van der Waals surface area contributed by atoms with Crippen LogP contribution in [0.2, 0.25) is 0 Å². The second kappa shape index (κ2) is 5.98. The first kappa shape index (κ1) is 16.9. The summed E-state index contributed by atoms with van der Waals surface area (Å²) in [4.78, 5) is 11.4. The number of hydrogen-bond donors (Lipinski definition) is 2. The number of carbonyl (C=O) groups is 1. The molecule has 1 saturated heterocycles. The minimum absolute atomic E-state index is 0.0685. The van der Waals surface area contributed by atoms with Crippen molar-refractivity contribution in [2.24, 2.45) is 0 Å². The molecule has 0 aromatic heterocycles. The van der Waals surface area contributed by atoms with E-state index >= 15 is 0 Å². The van der Waals surface area contributed by atoms with Crippen molar-refractivity contribution in [2.75, 3.05) is 19.6 Å². The SMILES string of the molecule is CC(C)(C)c1ccc(S(=O)(=O)N2CCNCC2C(=O)O)cc1. The summed E-state index contributed by atoms with van der Waals surface area (Å²) in [6, 6.07) is 5.60. The van der Waals surface area contributed by atoms with Crippen molar-refractivity contribution < 1.29 is 18.3 Å². The lowest BCUT2D eigenvalue weighted by Gasteiger charge is -2.32. The highest BCUT2D eigenvalue weighted by Crippen LogP contribution is 2.25. The Hall–Kier alpha value is -1.44. The summed E-state index contributed by atoms with van der Waals surface area (Å²) >= 11 is 0. The maximum atomic E-state index is 12.7. The van der Waals surface area contributed by atoms with E-state index in [2.05, 4.69) is 5.32 Å². The van der Waals surface area contributed by atoms with E-state index in [-0.39, 0.29) is 23.4 Å². The maximum Gasteiger partial charge on any atom is 0.323 e. The molecule has 0 saturated carbocycles. The van der Waals surface area contributed by atoms with Crippen molar-refractivity contribution >= 4 is 16.0 Å².